The summed E-state index contributed by atoms with van der Waals surface area (Å²) in [6.45, 7) is 7.31. The van der Waals surface area contributed by atoms with E-state index in [-0.39, 0.29) is 5.54 Å². The normalized spacial score (nSPS) is 15.4. The first-order valence-corrected chi connectivity index (χ1v) is 26.6. The minimum atomic E-state index is -2.14. The van der Waals surface area contributed by atoms with Crippen LogP contribution in [0, 0.1) is 0 Å². The van der Waals surface area contributed by atoms with Crippen LogP contribution >= 0.6 is 38.6 Å². The fourth-order valence-electron chi connectivity index (χ4n) is 4.72. The molecule has 2 aromatic rings. The molecular weight excluding hydrogens is 653 g/mol. The quantitative estimate of drug-likeness (QED) is 0.126. The maximum atomic E-state index is 5.90. The number of ether oxygens (including phenoxy) is 1. The molecule has 1 aliphatic heterocycles. The summed E-state index contributed by atoms with van der Waals surface area (Å²) >= 11 is 5.77. The van der Waals surface area contributed by atoms with Crippen molar-refractivity contribution in [2.45, 2.75) is 125 Å². The van der Waals surface area contributed by atoms with Crippen LogP contribution in [0.5, 0.6) is 0 Å². The molecule has 2 nitrogen and oxygen atoms in total. The van der Waals surface area contributed by atoms with Gasteiger partial charge in [-0.1, -0.05) is 39.0 Å². The molecule has 0 saturated carbocycles. The minimum absolute atomic E-state index is 0.0675. The molecule has 36 heavy (non-hydrogen) atoms. The predicted octanol–water partition coefficient (Wildman–Crippen LogP) is 10.4. The molecule has 0 radical (unpaired) electrons. The molecule has 0 N–H and O–H groups in total. The van der Waals surface area contributed by atoms with Crippen molar-refractivity contribution in [3.8, 4) is 9.75 Å². The van der Waals surface area contributed by atoms with Crippen LogP contribution in [0.3, 0.4) is 0 Å². The number of hydrogen-bond acceptors (Lipinski definition) is 4. The molecule has 6 heteroatoms. The second-order valence-electron chi connectivity index (χ2n) is 12.2. The Balaban J connectivity index is 1.57. The van der Waals surface area contributed by atoms with E-state index in [1.807, 2.05) is 11.3 Å². The van der Waals surface area contributed by atoms with Crippen LogP contribution in [0.2, 0.25) is 14.8 Å². The Labute approximate surface area is 241 Å². The molecule has 0 atom stereocenters. The van der Waals surface area contributed by atoms with Crippen molar-refractivity contribution in [1.82, 2.24) is 0 Å². The summed E-state index contributed by atoms with van der Waals surface area (Å²) in [6.07, 6.45) is 17.1. The third-order valence-corrected chi connectivity index (χ3v) is 19.7. The number of unbranched alkanes of at least 4 members (excludes halogenated alkanes) is 9. The zero-order chi connectivity index (χ0) is 26.2. The van der Waals surface area contributed by atoms with Crippen molar-refractivity contribution >= 4 is 65.8 Å². The van der Waals surface area contributed by atoms with Crippen LogP contribution in [-0.2, 0) is 17.6 Å². The number of hydrogen-bond donors (Lipinski definition) is 0. The molecular formula is C30H48BrNOS2Sn. The molecule has 0 unspecified atom stereocenters. The number of rotatable bonds is 16. The average Bonchev–Trinajstić information content (AvgIpc) is 3.49. The molecule has 0 aromatic carbocycles. The Morgan fingerprint density at radius 2 is 1.50 bits per heavy atom. The molecule has 1 aliphatic rings. The Morgan fingerprint density at radius 1 is 0.861 bits per heavy atom. The summed E-state index contributed by atoms with van der Waals surface area (Å²) in [6, 6.07) is 5.01. The van der Waals surface area contributed by atoms with Gasteiger partial charge < -0.3 is 0 Å². The molecule has 0 aliphatic carbocycles. The van der Waals surface area contributed by atoms with Crippen LogP contribution in [0.25, 0.3) is 9.75 Å². The van der Waals surface area contributed by atoms with Gasteiger partial charge >= 0.3 is 204 Å². The van der Waals surface area contributed by atoms with Crippen molar-refractivity contribution < 1.29 is 4.74 Å². The Bertz CT molecular complexity index is 986. The maximum absolute atomic E-state index is 5.90. The predicted molar refractivity (Wildman–Crippen MR) is 170 cm³/mol. The second-order valence-corrected chi connectivity index (χ2v) is 31.0. The number of aliphatic imine (C=N–C) groups is 1. The van der Waals surface area contributed by atoms with E-state index < -0.39 is 18.4 Å². The van der Waals surface area contributed by atoms with Crippen LogP contribution < -0.4 is 2.89 Å². The van der Waals surface area contributed by atoms with Gasteiger partial charge in [0.05, 0.1) is 0 Å². The van der Waals surface area contributed by atoms with Gasteiger partial charge in [-0.2, -0.15) is 0 Å². The summed E-state index contributed by atoms with van der Waals surface area (Å²) in [5.41, 5.74) is 2.93. The molecule has 0 spiro atoms. The van der Waals surface area contributed by atoms with Gasteiger partial charge in [0.25, 0.3) is 0 Å². The third kappa shape index (κ3) is 9.72. The molecule has 0 amide bonds. The number of halogens is 1. The van der Waals surface area contributed by atoms with Gasteiger partial charge in [-0.3, -0.25) is 0 Å². The van der Waals surface area contributed by atoms with Crippen molar-refractivity contribution in [3.63, 3.8) is 0 Å². The molecule has 0 saturated heterocycles. The molecule has 202 valence electrons. The Kier molecular flexibility index (Phi) is 12.4. The molecule has 2 aromatic heterocycles. The van der Waals surface area contributed by atoms with Crippen LogP contribution in [0.4, 0.5) is 0 Å². The van der Waals surface area contributed by atoms with Gasteiger partial charge in [0.2, 0.25) is 0 Å². The first-order chi connectivity index (χ1) is 17.1. The van der Waals surface area contributed by atoms with E-state index in [2.05, 4.69) is 75.0 Å². The van der Waals surface area contributed by atoms with Crippen LogP contribution in [-0.4, -0.2) is 36.4 Å². The van der Waals surface area contributed by atoms with Crippen molar-refractivity contribution in [2.24, 2.45) is 4.99 Å². The fraction of sp³-hybridized carbons (Fsp3) is 0.700. The fourth-order valence-corrected chi connectivity index (χ4v) is 13.1. The van der Waals surface area contributed by atoms with Gasteiger partial charge in [-0.25, -0.2) is 0 Å². The monoisotopic (exact) mass is 701 g/mol. The van der Waals surface area contributed by atoms with E-state index in [0.717, 1.165) is 18.7 Å². The van der Waals surface area contributed by atoms with Gasteiger partial charge in [0.15, 0.2) is 0 Å². The van der Waals surface area contributed by atoms with E-state index in [4.69, 9.17) is 9.73 Å². The van der Waals surface area contributed by atoms with Crippen molar-refractivity contribution in [2.75, 3.05) is 6.61 Å². The number of aryl methyl sites for hydroxylation is 2. The summed E-state index contributed by atoms with van der Waals surface area (Å²) in [7, 11) is 0. The summed E-state index contributed by atoms with van der Waals surface area (Å²) in [5, 5.41) is 0. The molecule has 0 bridgehead atoms. The molecule has 3 heterocycles. The SMILES string of the molecule is CCCCCCCCCCCCc1cc(-c2s[c]([Sn]([CH3])([CH3])[CH3])cc2CCC2=NC(C)(C)CO2)sc1Br. The molecule has 3 rings (SSSR count). The molecule has 0 fully saturated rings. The van der Waals surface area contributed by atoms with Gasteiger partial charge in [0, 0.05) is 0 Å². The zero-order valence-electron chi connectivity index (χ0n) is 23.6. The first kappa shape index (κ1) is 30.7. The Hall–Kier alpha value is 0.149. The first-order valence-electron chi connectivity index (χ1n) is 14.2. The van der Waals surface area contributed by atoms with Gasteiger partial charge in [0.1, 0.15) is 0 Å². The number of nitrogens with zero attached hydrogens (tertiary/aromatic N) is 1. The topological polar surface area (TPSA) is 21.6 Å². The van der Waals surface area contributed by atoms with E-state index in [1.165, 1.54) is 95.3 Å². The van der Waals surface area contributed by atoms with E-state index in [9.17, 15) is 0 Å². The van der Waals surface area contributed by atoms with Crippen molar-refractivity contribution in [1.29, 1.82) is 0 Å². The summed E-state index contributed by atoms with van der Waals surface area (Å²) < 4.78 is 8.90. The van der Waals surface area contributed by atoms with Crippen LogP contribution in [0.15, 0.2) is 20.9 Å². The number of thiophene rings is 2. The Morgan fingerprint density at radius 3 is 2.08 bits per heavy atom. The van der Waals surface area contributed by atoms with Gasteiger partial charge in [-0.15, -0.1) is 0 Å². The second kappa shape index (κ2) is 14.5. The van der Waals surface area contributed by atoms with Crippen molar-refractivity contribution in [3.05, 3.63) is 27.0 Å². The van der Waals surface area contributed by atoms with E-state index in [1.54, 1.807) is 2.89 Å². The van der Waals surface area contributed by atoms with Gasteiger partial charge in [-0.05, 0) is 0 Å². The van der Waals surface area contributed by atoms with Crippen LogP contribution in [0.1, 0.15) is 103 Å². The zero-order valence-corrected chi connectivity index (χ0v) is 29.7. The summed E-state index contributed by atoms with van der Waals surface area (Å²) in [4.78, 5) is 15.3. The third-order valence-electron chi connectivity index (χ3n) is 6.96. The average molecular weight is 701 g/mol. The van der Waals surface area contributed by atoms with E-state index >= 15 is 0 Å². The standard InChI is InChI=1S/C27H39BrNOS2.3CH3.Sn/c1-4-5-6-7-8-9-10-11-12-13-14-22-19-23(32-26(22)28)25-21(17-18-31-25)15-16-24-29-27(2,3)20-30-24;;;;/h17,19H,4-16,20H2,1-3H3;3*1H3;. The summed E-state index contributed by atoms with van der Waals surface area (Å²) in [5.74, 6) is 0.937. The van der Waals surface area contributed by atoms with E-state index in [0.29, 0.717) is 6.61 Å².